The third kappa shape index (κ3) is 4.76. The number of oxazole rings is 1. The van der Waals surface area contributed by atoms with Crippen LogP contribution in [0.15, 0.2) is 51.8 Å². The average molecular weight is 401 g/mol. The second-order valence-corrected chi connectivity index (χ2v) is 9.25. The molecule has 3 rings (SSSR count). The van der Waals surface area contributed by atoms with Gasteiger partial charge in [-0.2, -0.15) is 0 Å². The van der Waals surface area contributed by atoms with E-state index >= 15 is 0 Å². The Morgan fingerprint density at radius 2 is 1.82 bits per heavy atom. The fraction of sp³-hybridized carbons (Fsp3) is 0.300. The highest BCUT2D eigenvalue weighted by atomic mass is 32.2. The minimum atomic E-state index is -3.71. The van der Waals surface area contributed by atoms with E-state index in [9.17, 15) is 13.2 Å². The SMILES string of the molecule is CC(C)(C)c1nc2cc(NC(=O)CCc3ccc(S(N)(=O)=O)cc3)ccc2o1. The Morgan fingerprint density at radius 3 is 2.43 bits per heavy atom. The molecule has 0 aliphatic heterocycles. The van der Waals surface area contributed by atoms with Crippen molar-refractivity contribution in [3.63, 3.8) is 0 Å². The van der Waals surface area contributed by atoms with Crippen molar-refractivity contribution in [2.45, 2.75) is 43.9 Å². The van der Waals surface area contributed by atoms with E-state index in [2.05, 4.69) is 10.3 Å². The summed E-state index contributed by atoms with van der Waals surface area (Å²) < 4.78 is 28.3. The summed E-state index contributed by atoms with van der Waals surface area (Å²) in [5.74, 6) is 0.503. The second-order valence-electron chi connectivity index (χ2n) is 7.69. The molecule has 0 unspecified atom stereocenters. The minimum absolute atomic E-state index is 0.0521. The van der Waals surface area contributed by atoms with E-state index in [0.717, 1.165) is 5.56 Å². The Balaban J connectivity index is 1.63. The van der Waals surface area contributed by atoms with Crippen molar-refractivity contribution >= 4 is 32.7 Å². The zero-order valence-electron chi connectivity index (χ0n) is 16.0. The summed E-state index contributed by atoms with van der Waals surface area (Å²) in [6.45, 7) is 6.07. The summed E-state index contributed by atoms with van der Waals surface area (Å²) in [6.07, 6.45) is 0.746. The standard InChI is InChI=1S/C20H23N3O4S/c1-20(2,3)19-23-16-12-14(7-10-17(16)27-19)22-18(24)11-6-13-4-8-15(9-5-13)28(21,25)26/h4-5,7-10,12H,6,11H2,1-3H3,(H,22,24)(H2,21,25,26). The number of hydrogen-bond acceptors (Lipinski definition) is 5. The zero-order chi connectivity index (χ0) is 20.5. The van der Waals surface area contributed by atoms with Gasteiger partial charge >= 0.3 is 0 Å². The van der Waals surface area contributed by atoms with Crippen molar-refractivity contribution in [1.82, 2.24) is 4.98 Å². The number of sulfonamides is 1. The number of nitrogens with zero attached hydrogens (tertiary/aromatic N) is 1. The van der Waals surface area contributed by atoms with Gasteiger partial charge in [0.05, 0.1) is 4.90 Å². The number of aromatic nitrogens is 1. The van der Waals surface area contributed by atoms with Gasteiger partial charge in [-0.25, -0.2) is 18.5 Å². The third-order valence-electron chi connectivity index (χ3n) is 4.21. The Morgan fingerprint density at radius 1 is 1.14 bits per heavy atom. The number of nitrogens with one attached hydrogen (secondary N) is 1. The molecule has 0 aliphatic carbocycles. The number of rotatable bonds is 5. The molecule has 1 aromatic heterocycles. The van der Waals surface area contributed by atoms with Gasteiger partial charge in [0, 0.05) is 17.5 Å². The van der Waals surface area contributed by atoms with Gasteiger partial charge in [0.15, 0.2) is 5.58 Å². The van der Waals surface area contributed by atoms with Crippen LogP contribution in [0.2, 0.25) is 0 Å². The third-order valence-corrected chi connectivity index (χ3v) is 5.13. The maximum absolute atomic E-state index is 12.2. The van der Waals surface area contributed by atoms with E-state index in [0.29, 0.717) is 29.1 Å². The van der Waals surface area contributed by atoms with Crippen molar-refractivity contribution in [2.24, 2.45) is 5.14 Å². The van der Waals surface area contributed by atoms with E-state index < -0.39 is 10.0 Å². The van der Waals surface area contributed by atoms with Crippen LogP contribution >= 0.6 is 0 Å². The maximum atomic E-state index is 12.2. The first kappa shape index (κ1) is 20.0. The second kappa shape index (κ2) is 7.37. The number of primary sulfonamides is 1. The average Bonchev–Trinajstić information content (AvgIpc) is 3.03. The molecule has 28 heavy (non-hydrogen) atoms. The lowest BCUT2D eigenvalue weighted by molar-refractivity contribution is -0.116. The van der Waals surface area contributed by atoms with Crippen molar-refractivity contribution in [3.05, 3.63) is 53.9 Å². The summed E-state index contributed by atoms with van der Waals surface area (Å²) in [5, 5.41) is 7.93. The van der Waals surface area contributed by atoms with Crippen molar-refractivity contribution in [3.8, 4) is 0 Å². The van der Waals surface area contributed by atoms with Gasteiger partial charge in [-0.3, -0.25) is 4.79 Å². The molecule has 3 aromatic rings. The van der Waals surface area contributed by atoms with Crippen LogP contribution in [-0.2, 0) is 26.7 Å². The molecule has 0 aliphatic rings. The summed E-state index contributed by atoms with van der Waals surface area (Å²) in [6, 6.07) is 11.5. The van der Waals surface area contributed by atoms with Crippen molar-refractivity contribution < 1.29 is 17.6 Å². The van der Waals surface area contributed by atoms with Crippen LogP contribution in [0.4, 0.5) is 5.69 Å². The van der Waals surface area contributed by atoms with Crippen molar-refractivity contribution in [2.75, 3.05) is 5.32 Å². The number of aryl methyl sites for hydroxylation is 1. The van der Waals surface area contributed by atoms with Crippen LogP contribution < -0.4 is 10.5 Å². The molecule has 0 bridgehead atoms. The molecule has 3 N–H and O–H groups in total. The molecule has 1 amide bonds. The highest BCUT2D eigenvalue weighted by Gasteiger charge is 2.21. The lowest BCUT2D eigenvalue weighted by atomic mass is 9.97. The molecule has 0 fully saturated rings. The van der Waals surface area contributed by atoms with Crippen molar-refractivity contribution in [1.29, 1.82) is 0 Å². The molecule has 148 valence electrons. The molecule has 0 radical (unpaired) electrons. The number of benzene rings is 2. The Labute approximate surface area is 164 Å². The molecule has 7 nitrogen and oxygen atoms in total. The quantitative estimate of drug-likeness (QED) is 0.680. The first-order valence-corrected chi connectivity index (χ1v) is 10.4. The number of hydrogen-bond donors (Lipinski definition) is 2. The molecule has 1 heterocycles. The predicted molar refractivity (Wildman–Crippen MR) is 107 cm³/mol. The van der Waals surface area contributed by atoms with E-state index in [4.69, 9.17) is 9.56 Å². The first-order chi connectivity index (χ1) is 13.0. The molecule has 0 saturated heterocycles. The number of carbonyl (C=O) groups excluding carboxylic acids is 1. The Hall–Kier alpha value is -2.71. The highest BCUT2D eigenvalue weighted by Crippen LogP contribution is 2.27. The van der Waals surface area contributed by atoms with Crippen LogP contribution in [0.5, 0.6) is 0 Å². The molecule has 0 spiro atoms. The van der Waals surface area contributed by atoms with Gasteiger partial charge in [-0.05, 0) is 42.3 Å². The molecule has 0 saturated carbocycles. The summed E-state index contributed by atoms with van der Waals surface area (Å²) >= 11 is 0. The minimum Gasteiger partial charge on any atom is -0.440 e. The van der Waals surface area contributed by atoms with Gasteiger partial charge in [0.1, 0.15) is 5.52 Å². The normalized spacial score (nSPS) is 12.3. The monoisotopic (exact) mass is 401 g/mol. The van der Waals surface area contributed by atoms with Gasteiger partial charge in [0.25, 0.3) is 0 Å². The number of fused-ring (bicyclic) bond motifs is 1. The predicted octanol–water partition coefficient (Wildman–Crippen LogP) is 3.34. The van der Waals surface area contributed by atoms with Crippen LogP contribution in [0, 0.1) is 0 Å². The number of carbonyl (C=O) groups is 1. The summed E-state index contributed by atoms with van der Waals surface area (Å²) in [5.41, 5.74) is 2.68. The smallest absolute Gasteiger partial charge is 0.238 e. The molecule has 2 aromatic carbocycles. The molecular formula is C20H23N3O4S. The summed E-state index contributed by atoms with van der Waals surface area (Å²) in [7, 11) is -3.71. The van der Waals surface area contributed by atoms with Crippen LogP contribution in [0.1, 0.15) is 38.6 Å². The van der Waals surface area contributed by atoms with E-state index in [1.807, 2.05) is 20.8 Å². The topological polar surface area (TPSA) is 115 Å². The fourth-order valence-corrected chi connectivity index (χ4v) is 3.17. The lowest BCUT2D eigenvalue weighted by Crippen LogP contribution is -2.13. The summed E-state index contributed by atoms with van der Waals surface area (Å²) in [4.78, 5) is 16.8. The largest absolute Gasteiger partial charge is 0.440 e. The van der Waals surface area contributed by atoms with Gasteiger partial charge < -0.3 is 9.73 Å². The number of anilines is 1. The van der Waals surface area contributed by atoms with Crippen LogP contribution in [0.25, 0.3) is 11.1 Å². The number of nitrogens with two attached hydrogens (primary N) is 1. The first-order valence-electron chi connectivity index (χ1n) is 8.85. The Bertz CT molecular complexity index is 1110. The van der Waals surface area contributed by atoms with E-state index in [1.54, 1.807) is 30.3 Å². The maximum Gasteiger partial charge on any atom is 0.238 e. The van der Waals surface area contributed by atoms with Gasteiger partial charge in [-0.1, -0.05) is 32.9 Å². The molecular weight excluding hydrogens is 378 g/mol. The van der Waals surface area contributed by atoms with Gasteiger partial charge in [-0.15, -0.1) is 0 Å². The zero-order valence-corrected chi connectivity index (χ0v) is 16.8. The van der Waals surface area contributed by atoms with E-state index in [1.165, 1.54) is 12.1 Å². The lowest BCUT2D eigenvalue weighted by Gasteiger charge is -2.11. The highest BCUT2D eigenvalue weighted by molar-refractivity contribution is 7.89. The van der Waals surface area contributed by atoms with Crippen LogP contribution in [0.3, 0.4) is 0 Å². The van der Waals surface area contributed by atoms with Gasteiger partial charge in [0.2, 0.25) is 21.8 Å². The van der Waals surface area contributed by atoms with E-state index in [-0.39, 0.29) is 22.6 Å². The molecule has 0 atom stereocenters. The molecule has 8 heteroatoms. The number of amides is 1. The fourth-order valence-electron chi connectivity index (χ4n) is 2.65. The van der Waals surface area contributed by atoms with Crippen LogP contribution in [-0.4, -0.2) is 19.3 Å². The Kier molecular flexibility index (Phi) is 5.27.